The van der Waals surface area contributed by atoms with Gasteiger partial charge in [0.15, 0.2) is 11.3 Å². The molecule has 5 heteroatoms. The molecule has 0 saturated carbocycles. The van der Waals surface area contributed by atoms with Crippen molar-refractivity contribution in [3.05, 3.63) is 35.0 Å². The highest BCUT2D eigenvalue weighted by molar-refractivity contribution is 6.34. The molecule has 1 aliphatic heterocycles. The number of likely N-dealkylation sites (tertiary alicyclic amines) is 1. The van der Waals surface area contributed by atoms with Crippen molar-refractivity contribution < 1.29 is 14.3 Å². The summed E-state index contributed by atoms with van der Waals surface area (Å²) in [6.07, 6.45) is 3.55. The number of hydrogen-bond acceptors (Lipinski definition) is 3. The number of carbonyl (C=O) groups is 1. The van der Waals surface area contributed by atoms with Crippen molar-refractivity contribution in [1.29, 1.82) is 0 Å². The predicted octanol–water partition coefficient (Wildman–Crippen LogP) is 3.46. The largest absolute Gasteiger partial charge is 0.449 e. The third-order valence-corrected chi connectivity index (χ3v) is 4.34. The maximum Gasteiger partial charge on any atom is 0.289 e. The van der Waals surface area contributed by atoms with E-state index < -0.39 is 0 Å². The molecule has 1 saturated heterocycles. The van der Waals surface area contributed by atoms with Crippen LogP contribution in [0.4, 0.5) is 0 Å². The fourth-order valence-corrected chi connectivity index (χ4v) is 3.22. The van der Waals surface area contributed by atoms with Crippen LogP contribution in [0.2, 0.25) is 5.02 Å². The molecule has 4 nitrogen and oxygen atoms in total. The van der Waals surface area contributed by atoms with E-state index in [1.54, 1.807) is 12.1 Å². The van der Waals surface area contributed by atoms with E-state index in [-0.39, 0.29) is 18.6 Å². The zero-order valence-electron chi connectivity index (χ0n) is 11.7. The van der Waals surface area contributed by atoms with E-state index >= 15 is 0 Å². The van der Waals surface area contributed by atoms with Gasteiger partial charge in [0, 0.05) is 24.6 Å². The Morgan fingerprint density at radius 1 is 1.48 bits per heavy atom. The van der Waals surface area contributed by atoms with Crippen LogP contribution in [0.25, 0.3) is 11.0 Å². The molecule has 1 aromatic heterocycles. The summed E-state index contributed by atoms with van der Waals surface area (Å²) in [5.74, 6) is 0.261. The highest BCUT2D eigenvalue weighted by Crippen LogP contribution is 2.29. The minimum Gasteiger partial charge on any atom is -0.449 e. The lowest BCUT2D eigenvalue weighted by Crippen LogP contribution is -2.35. The van der Waals surface area contributed by atoms with Crippen LogP contribution in [-0.2, 0) is 0 Å². The average Bonchev–Trinajstić information content (AvgIpc) is 3.11. The second kappa shape index (κ2) is 6.08. The van der Waals surface area contributed by atoms with Crippen molar-refractivity contribution in [2.45, 2.75) is 31.7 Å². The van der Waals surface area contributed by atoms with E-state index in [9.17, 15) is 4.79 Å². The summed E-state index contributed by atoms with van der Waals surface area (Å²) in [7, 11) is 0. The van der Waals surface area contributed by atoms with E-state index in [0.717, 1.165) is 37.6 Å². The van der Waals surface area contributed by atoms with Crippen LogP contribution in [0.5, 0.6) is 0 Å². The lowest BCUT2D eigenvalue weighted by molar-refractivity contribution is 0.0694. The van der Waals surface area contributed by atoms with Gasteiger partial charge in [-0.2, -0.15) is 0 Å². The molecule has 1 unspecified atom stereocenters. The highest BCUT2D eigenvalue weighted by Gasteiger charge is 2.30. The minimum absolute atomic E-state index is 0.0808. The molecule has 0 radical (unpaired) electrons. The molecule has 0 bridgehead atoms. The molecule has 0 spiro atoms. The van der Waals surface area contributed by atoms with Gasteiger partial charge in [-0.05, 0) is 37.8 Å². The fourth-order valence-electron chi connectivity index (χ4n) is 3.00. The Hall–Kier alpha value is -1.52. The lowest BCUT2D eigenvalue weighted by atomic mass is 10.1. The summed E-state index contributed by atoms with van der Waals surface area (Å²) in [5.41, 5.74) is 0.564. The maximum absolute atomic E-state index is 12.6. The second-order valence-corrected chi connectivity index (χ2v) is 5.84. The number of rotatable bonds is 4. The smallest absolute Gasteiger partial charge is 0.289 e. The van der Waals surface area contributed by atoms with Gasteiger partial charge in [0.1, 0.15) is 0 Å². The first-order chi connectivity index (χ1) is 10.2. The number of para-hydroxylation sites is 1. The lowest BCUT2D eigenvalue weighted by Gasteiger charge is -2.23. The summed E-state index contributed by atoms with van der Waals surface area (Å²) in [6.45, 7) is 0.915. The van der Waals surface area contributed by atoms with Gasteiger partial charge in [-0.1, -0.05) is 23.7 Å². The molecule has 21 heavy (non-hydrogen) atoms. The Morgan fingerprint density at radius 3 is 3.10 bits per heavy atom. The molecule has 2 aromatic rings. The number of fused-ring (bicyclic) bond motifs is 1. The third kappa shape index (κ3) is 2.78. The van der Waals surface area contributed by atoms with Gasteiger partial charge in [0.05, 0.1) is 5.02 Å². The number of halogens is 1. The van der Waals surface area contributed by atoms with Crippen LogP contribution in [-0.4, -0.2) is 35.1 Å². The van der Waals surface area contributed by atoms with Crippen molar-refractivity contribution in [3.8, 4) is 0 Å². The Morgan fingerprint density at radius 2 is 2.33 bits per heavy atom. The summed E-state index contributed by atoms with van der Waals surface area (Å²) in [4.78, 5) is 14.5. The van der Waals surface area contributed by atoms with Crippen molar-refractivity contribution in [2.24, 2.45) is 0 Å². The van der Waals surface area contributed by atoms with E-state index in [1.807, 2.05) is 17.0 Å². The second-order valence-electron chi connectivity index (χ2n) is 5.43. The molecule has 3 rings (SSSR count). The number of furan rings is 1. The zero-order chi connectivity index (χ0) is 14.8. The Balaban J connectivity index is 1.84. The topological polar surface area (TPSA) is 53.7 Å². The quantitative estimate of drug-likeness (QED) is 0.941. The number of amides is 1. The Bertz CT molecular complexity index is 652. The molecular formula is C16H18ClNO3. The van der Waals surface area contributed by atoms with Crippen LogP contribution in [0.15, 0.2) is 28.7 Å². The number of hydrogen-bond donors (Lipinski definition) is 1. The van der Waals surface area contributed by atoms with E-state index in [1.165, 1.54) is 0 Å². The molecule has 1 aliphatic rings. The minimum atomic E-state index is -0.0808. The fraction of sp³-hybridized carbons (Fsp3) is 0.438. The molecule has 1 aromatic carbocycles. The summed E-state index contributed by atoms with van der Waals surface area (Å²) in [5, 5.41) is 10.3. The van der Waals surface area contributed by atoms with Crippen LogP contribution < -0.4 is 0 Å². The Kier molecular flexibility index (Phi) is 4.17. The normalized spacial score (nSPS) is 18.6. The molecule has 2 heterocycles. The number of carbonyl (C=O) groups excluding carboxylic acids is 1. The molecule has 1 N–H and O–H groups in total. The molecule has 112 valence electrons. The van der Waals surface area contributed by atoms with Gasteiger partial charge in [-0.15, -0.1) is 0 Å². The number of nitrogens with zero attached hydrogens (tertiary/aromatic N) is 1. The van der Waals surface area contributed by atoms with E-state index in [2.05, 4.69) is 0 Å². The predicted molar refractivity (Wildman–Crippen MR) is 81.6 cm³/mol. The monoisotopic (exact) mass is 307 g/mol. The molecule has 1 fully saturated rings. The SMILES string of the molecule is O=C(c1cc2cccc(Cl)c2o1)N1CCCC1CCCO. The Labute approximate surface area is 128 Å². The van der Waals surface area contributed by atoms with Gasteiger partial charge in [-0.3, -0.25) is 4.79 Å². The molecule has 1 amide bonds. The first-order valence-electron chi connectivity index (χ1n) is 7.30. The summed E-state index contributed by atoms with van der Waals surface area (Å²) in [6, 6.07) is 7.43. The summed E-state index contributed by atoms with van der Waals surface area (Å²) >= 11 is 6.09. The van der Waals surface area contributed by atoms with Gasteiger partial charge in [0.25, 0.3) is 5.91 Å². The van der Waals surface area contributed by atoms with Crippen LogP contribution in [0.1, 0.15) is 36.2 Å². The van der Waals surface area contributed by atoms with Crippen molar-refractivity contribution in [3.63, 3.8) is 0 Å². The van der Waals surface area contributed by atoms with Gasteiger partial charge in [0.2, 0.25) is 0 Å². The van der Waals surface area contributed by atoms with Crippen LogP contribution in [0, 0.1) is 0 Å². The van der Waals surface area contributed by atoms with Crippen molar-refractivity contribution >= 4 is 28.5 Å². The van der Waals surface area contributed by atoms with Crippen molar-refractivity contribution in [2.75, 3.05) is 13.2 Å². The molecule has 0 aliphatic carbocycles. The van der Waals surface area contributed by atoms with Crippen molar-refractivity contribution in [1.82, 2.24) is 4.90 Å². The number of aliphatic hydroxyl groups is 1. The highest BCUT2D eigenvalue weighted by atomic mass is 35.5. The zero-order valence-corrected chi connectivity index (χ0v) is 12.5. The maximum atomic E-state index is 12.6. The molecular weight excluding hydrogens is 290 g/mol. The summed E-state index contributed by atoms with van der Waals surface area (Å²) < 4.78 is 5.65. The first kappa shape index (κ1) is 14.4. The average molecular weight is 308 g/mol. The van der Waals surface area contributed by atoms with E-state index in [0.29, 0.717) is 16.4 Å². The molecule has 1 atom stereocenters. The van der Waals surface area contributed by atoms with Gasteiger partial charge in [-0.25, -0.2) is 0 Å². The standard InChI is InChI=1S/C16H18ClNO3/c17-13-7-1-4-11-10-14(21-15(11)13)16(20)18-8-2-5-12(18)6-3-9-19/h1,4,7,10,12,19H,2-3,5-6,8-9H2. The first-order valence-corrected chi connectivity index (χ1v) is 7.68. The van der Waals surface area contributed by atoms with Gasteiger partial charge >= 0.3 is 0 Å². The van der Waals surface area contributed by atoms with Crippen LogP contribution >= 0.6 is 11.6 Å². The number of aliphatic hydroxyl groups excluding tert-OH is 1. The van der Waals surface area contributed by atoms with Crippen LogP contribution in [0.3, 0.4) is 0 Å². The number of benzene rings is 1. The van der Waals surface area contributed by atoms with E-state index in [4.69, 9.17) is 21.1 Å². The van der Waals surface area contributed by atoms with Gasteiger partial charge < -0.3 is 14.4 Å². The third-order valence-electron chi connectivity index (χ3n) is 4.04.